The summed E-state index contributed by atoms with van der Waals surface area (Å²) in [4.78, 5) is 0. The number of rotatable bonds is 5. The van der Waals surface area contributed by atoms with E-state index in [0.29, 0.717) is 0 Å². The number of likely N-dealkylation sites (N-methyl/N-ethyl adjacent to an activating group) is 1. The molecule has 1 nitrogen and oxygen atoms in total. The monoisotopic (exact) mass is 355 g/mol. The molecule has 0 fully saturated rings. The minimum absolute atomic E-state index is 0.161. The van der Waals surface area contributed by atoms with Gasteiger partial charge in [0.05, 0.1) is 5.02 Å². The highest BCUT2D eigenvalue weighted by Gasteiger charge is 2.12. The van der Waals surface area contributed by atoms with Crippen LogP contribution in [0.3, 0.4) is 0 Å². The van der Waals surface area contributed by atoms with Crippen LogP contribution in [-0.4, -0.2) is 6.54 Å². The van der Waals surface area contributed by atoms with Crippen molar-refractivity contribution in [2.24, 2.45) is 0 Å². The second-order valence-corrected chi connectivity index (χ2v) is 5.94. The quantitative estimate of drug-likeness (QED) is 0.782. The van der Waals surface area contributed by atoms with Gasteiger partial charge in [-0.1, -0.05) is 52.7 Å². The van der Waals surface area contributed by atoms with E-state index >= 15 is 0 Å². The van der Waals surface area contributed by atoms with Gasteiger partial charge in [-0.05, 0) is 48.4 Å². The van der Waals surface area contributed by atoms with E-state index in [9.17, 15) is 4.39 Å². The molecule has 0 amide bonds. The molecule has 0 heterocycles. The average Bonchev–Trinajstić information content (AvgIpc) is 2.43. The number of nitrogens with one attached hydrogen (secondary N) is 1. The van der Waals surface area contributed by atoms with Gasteiger partial charge >= 0.3 is 0 Å². The molecule has 0 aliphatic carbocycles. The lowest BCUT2D eigenvalue weighted by Gasteiger charge is -2.19. The van der Waals surface area contributed by atoms with Crippen LogP contribution in [0.15, 0.2) is 46.9 Å². The van der Waals surface area contributed by atoms with E-state index in [1.54, 1.807) is 6.07 Å². The van der Waals surface area contributed by atoms with Crippen LogP contribution in [0.25, 0.3) is 0 Å². The summed E-state index contributed by atoms with van der Waals surface area (Å²) < 4.78 is 14.6. The van der Waals surface area contributed by atoms with Crippen LogP contribution in [0.5, 0.6) is 0 Å². The molecule has 0 aliphatic heterocycles. The molecular weight excluding hydrogens is 341 g/mol. The number of halogens is 3. The number of hydrogen-bond acceptors (Lipinski definition) is 1. The summed E-state index contributed by atoms with van der Waals surface area (Å²) in [5.41, 5.74) is 2.12. The normalized spacial score (nSPS) is 12.4. The highest BCUT2D eigenvalue weighted by atomic mass is 79.9. The van der Waals surface area contributed by atoms with Crippen LogP contribution in [0.2, 0.25) is 5.02 Å². The van der Waals surface area contributed by atoms with E-state index in [-0.39, 0.29) is 16.9 Å². The summed E-state index contributed by atoms with van der Waals surface area (Å²) in [7, 11) is 0. The van der Waals surface area contributed by atoms with Crippen molar-refractivity contribution in [3.8, 4) is 0 Å². The molecule has 1 atom stereocenters. The summed E-state index contributed by atoms with van der Waals surface area (Å²) in [6, 6.07) is 13.3. The number of benzene rings is 2. The zero-order chi connectivity index (χ0) is 14.5. The zero-order valence-corrected chi connectivity index (χ0v) is 13.5. The van der Waals surface area contributed by atoms with Crippen LogP contribution in [-0.2, 0) is 6.42 Å². The van der Waals surface area contributed by atoms with Crippen molar-refractivity contribution in [2.45, 2.75) is 19.4 Å². The van der Waals surface area contributed by atoms with Gasteiger partial charge in [-0.2, -0.15) is 0 Å². The van der Waals surface area contributed by atoms with Crippen LogP contribution in [0.1, 0.15) is 24.1 Å². The second kappa shape index (κ2) is 7.21. The molecule has 1 N–H and O–H groups in total. The van der Waals surface area contributed by atoms with Crippen molar-refractivity contribution in [1.82, 2.24) is 5.32 Å². The van der Waals surface area contributed by atoms with Gasteiger partial charge < -0.3 is 5.32 Å². The maximum atomic E-state index is 13.5. The first kappa shape index (κ1) is 15.5. The lowest BCUT2D eigenvalue weighted by molar-refractivity contribution is 0.546. The lowest BCUT2D eigenvalue weighted by atomic mass is 9.99. The third kappa shape index (κ3) is 4.05. The highest BCUT2D eigenvalue weighted by molar-refractivity contribution is 9.10. The summed E-state index contributed by atoms with van der Waals surface area (Å²) >= 11 is 9.15. The zero-order valence-electron chi connectivity index (χ0n) is 11.2. The van der Waals surface area contributed by atoms with E-state index < -0.39 is 0 Å². The molecule has 2 rings (SSSR count). The van der Waals surface area contributed by atoms with E-state index in [2.05, 4.69) is 40.3 Å². The van der Waals surface area contributed by atoms with Gasteiger partial charge in [-0.3, -0.25) is 0 Å². The van der Waals surface area contributed by atoms with Gasteiger partial charge in [0.1, 0.15) is 5.82 Å². The van der Waals surface area contributed by atoms with Crippen molar-refractivity contribution in [3.05, 3.63) is 68.9 Å². The van der Waals surface area contributed by atoms with Crippen LogP contribution < -0.4 is 5.32 Å². The average molecular weight is 357 g/mol. The minimum atomic E-state index is -0.366. The van der Waals surface area contributed by atoms with Crippen molar-refractivity contribution in [2.75, 3.05) is 6.54 Å². The second-order valence-electron chi connectivity index (χ2n) is 4.61. The van der Waals surface area contributed by atoms with E-state index in [1.807, 2.05) is 18.2 Å². The SMILES string of the molecule is CCNC(Cc1ccc(Cl)c(F)c1)c1ccc(Br)cc1. The molecule has 0 radical (unpaired) electrons. The van der Waals surface area contributed by atoms with E-state index in [0.717, 1.165) is 23.0 Å². The predicted octanol–water partition coefficient (Wildman–Crippen LogP) is 5.13. The molecule has 2 aromatic rings. The first-order chi connectivity index (χ1) is 9.60. The fraction of sp³-hybridized carbons (Fsp3) is 0.250. The van der Waals surface area contributed by atoms with E-state index in [4.69, 9.17) is 11.6 Å². The van der Waals surface area contributed by atoms with Crippen molar-refractivity contribution in [3.63, 3.8) is 0 Å². The molecular formula is C16H16BrClFN. The predicted molar refractivity (Wildman–Crippen MR) is 85.7 cm³/mol. The molecule has 0 spiro atoms. The smallest absolute Gasteiger partial charge is 0.142 e. The van der Waals surface area contributed by atoms with Crippen LogP contribution in [0, 0.1) is 5.82 Å². The number of hydrogen-bond donors (Lipinski definition) is 1. The van der Waals surface area contributed by atoms with Crippen LogP contribution >= 0.6 is 27.5 Å². The summed E-state index contributed by atoms with van der Waals surface area (Å²) in [5.74, 6) is -0.366. The Morgan fingerprint density at radius 3 is 2.50 bits per heavy atom. The van der Waals surface area contributed by atoms with Crippen molar-refractivity contribution < 1.29 is 4.39 Å². The molecule has 106 valence electrons. The molecule has 1 unspecified atom stereocenters. The molecule has 20 heavy (non-hydrogen) atoms. The van der Waals surface area contributed by atoms with Gasteiger partial charge in [-0.25, -0.2) is 4.39 Å². The molecule has 2 aromatic carbocycles. The Labute approximate surface area is 132 Å². The van der Waals surface area contributed by atoms with Crippen LogP contribution in [0.4, 0.5) is 4.39 Å². The maximum absolute atomic E-state index is 13.5. The fourth-order valence-corrected chi connectivity index (χ4v) is 2.53. The molecule has 0 saturated carbocycles. The minimum Gasteiger partial charge on any atom is -0.310 e. The Balaban J connectivity index is 2.20. The van der Waals surface area contributed by atoms with Gasteiger partial charge in [0.25, 0.3) is 0 Å². The molecule has 0 aromatic heterocycles. The highest BCUT2D eigenvalue weighted by Crippen LogP contribution is 2.23. The van der Waals surface area contributed by atoms with Gasteiger partial charge in [-0.15, -0.1) is 0 Å². The summed E-state index contributed by atoms with van der Waals surface area (Å²) in [6.45, 7) is 2.92. The third-order valence-electron chi connectivity index (χ3n) is 3.15. The summed E-state index contributed by atoms with van der Waals surface area (Å²) in [5, 5.41) is 3.59. The molecule has 0 saturated heterocycles. The molecule has 0 aliphatic rings. The molecule has 0 bridgehead atoms. The largest absolute Gasteiger partial charge is 0.310 e. The van der Waals surface area contributed by atoms with Crippen molar-refractivity contribution in [1.29, 1.82) is 0 Å². The Kier molecular flexibility index (Phi) is 5.58. The maximum Gasteiger partial charge on any atom is 0.142 e. The van der Waals surface area contributed by atoms with Crippen molar-refractivity contribution >= 4 is 27.5 Å². The Morgan fingerprint density at radius 1 is 1.20 bits per heavy atom. The Hall–Kier alpha value is -0.900. The van der Waals surface area contributed by atoms with Gasteiger partial charge in [0, 0.05) is 10.5 Å². The lowest BCUT2D eigenvalue weighted by Crippen LogP contribution is -2.23. The Morgan fingerprint density at radius 2 is 1.90 bits per heavy atom. The van der Waals surface area contributed by atoms with E-state index in [1.165, 1.54) is 11.6 Å². The topological polar surface area (TPSA) is 12.0 Å². The van der Waals surface area contributed by atoms with Gasteiger partial charge in [0.15, 0.2) is 0 Å². The Bertz CT molecular complexity index is 571. The molecule has 4 heteroatoms. The first-order valence-corrected chi connectivity index (χ1v) is 7.70. The first-order valence-electron chi connectivity index (χ1n) is 6.53. The van der Waals surface area contributed by atoms with Gasteiger partial charge in [0.2, 0.25) is 0 Å². The summed E-state index contributed by atoms with van der Waals surface area (Å²) in [6.07, 6.45) is 0.726. The third-order valence-corrected chi connectivity index (χ3v) is 3.98. The standard InChI is InChI=1S/C16H16BrClFN/c1-2-20-16(12-4-6-13(17)7-5-12)10-11-3-8-14(18)15(19)9-11/h3-9,16,20H,2,10H2,1H3. The fourth-order valence-electron chi connectivity index (χ4n) is 2.15.